The Labute approximate surface area is 127 Å². The van der Waals surface area contributed by atoms with Crippen molar-refractivity contribution in [2.45, 2.75) is 57.9 Å². The molecule has 2 atom stereocenters. The van der Waals surface area contributed by atoms with Gasteiger partial charge in [-0.25, -0.2) is 0 Å². The maximum atomic E-state index is 12.6. The fourth-order valence-electron chi connectivity index (χ4n) is 3.73. The van der Waals surface area contributed by atoms with E-state index < -0.39 is 5.91 Å². The van der Waals surface area contributed by atoms with Crippen LogP contribution in [-0.2, 0) is 9.59 Å². The van der Waals surface area contributed by atoms with Crippen LogP contribution in [0.4, 0.5) is 0 Å². The van der Waals surface area contributed by atoms with Crippen molar-refractivity contribution in [1.29, 1.82) is 0 Å². The van der Waals surface area contributed by atoms with E-state index in [0.29, 0.717) is 18.3 Å². The molecule has 3 N–H and O–H groups in total. The number of nitrogens with one attached hydrogen (secondary N) is 1. The molecule has 0 bridgehead atoms. The number of amides is 2. The number of hydrogen-bond acceptors (Lipinski definition) is 3. The molecule has 1 aliphatic carbocycles. The first-order chi connectivity index (χ1) is 10.1. The highest BCUT2D eigenvalue weighted by Crippen LogP contribution is 2.27. The van der Waals surface area contributed by atoms with Crippen molar-refractivity contribution in [2.75, 3.05) is 19.6 Å². The molecule has 2 unspecified atom stereocenters. The van der Waals surface area contributed by atoms with E-state index in [4.69, 9.17) is 5.73 Å². The molecular weight excluding hydrogens is 266 g/mol. The van der Waals surface area contributed by atoms with E-state index in [0.717, 1.165) is 38.8 Å². The molecule has 21 heavy (non-hydrogen) atoms. The van der Waals surface area contributed by atoms with Crippen LogP contribution in [0.3, 0.4) is 0 Å². The monoisotopic (exact) mass is 295 g/mol. The number of carbonyl (C=O) groups excluding carboxylic acids is 2. The Bertz CT molecular complexity index is 361. The van der Waals surface area contributed by atoms with Gasteiger partial charge in [0, 0.05) is 12.5 Å². The molecule has 1 heterocycles. The summed E-state index contributed by atoms with van der Waals surface area (Å²) in [6.45, 7) is 4.34. The van der Waals surface area contributed by atoms with E-state index in [1.165, 1.54) is 12.8 Å². The second kappa shape index (κ2) is 7.78. The van der Waals surface area contributed by atoms with E-state index in [2.05, 4.69) is 12.2 Å². The lowest BCUT2D eigenvalue weighted by Crippen LogP contribution is -2.45. The average Bonchev–Trinajstić information content (AvgIpc) is 2.99. The fourth-order valence-corrected chi connectivity index (χ4v) is 3.73. The second-order valence-corrected chi connectivity index (χ2v) is 6.71. The van der Waals surface area contributed by atoms with Crippen molar-refractivity contribution in [3.05, 3.63) is 0 Å². The molecule has 5 heteroatoms. The Kier molecular flexibility index (Phi) is 6.03. The molecule has 120 valence electrons. The number of rotatable bonds is 6. The third-order valence-corrected chi connectivity index (χ3v) is 5.05. The van der Waals surface area contributed by atoms with Crippen molar-refractivity contribution < 1.29 is 9.59 Å². The highest BCUT2D eigenvalue weighted by atomic mass is 16.2. The molecule has 0 radical (unpaired) electrons. The van der Waals surface area contributed by atoms with Crippen LogP contribution in [0.15, 0.2) is 0 Å². The summed E-state index contributed by atoms with van der Waals surface area (Å²) in [5.41, 5.74) is 5.33. The van der Waals surface area contributed by atoms with Crippen molar-refractivity contribution in [1.82, 2.24) is 10.2 Å². The van der Waals surface area contributed by atoms with Gasteiger partial charge in [0.05, 0.1) is 6.54 Å². The van der Waals surface area contributed by atoms with Crippen LogP contribution >= 0.6 is 0 Å². The SMILES string of the molecule is CC(CC(=O)N(CC(N)=O)C1CCCC1)C1CCCNC1. The molecule has 1 saturated carbocycles. The summed E-state index contributed by atoms with van der Waals surface area (Å²) in [7, 11) is 0. The molecule has 2 aliphatic rings. The van der Waals surface area contributed by atoms with Crippen LogP contribution in [0.2, 0.25) is 0 Å². The number of nitrogens with zero attached hydrogens (tertiary/aromatic N) is 1. The lowest BCUT2D eigenvalue weighted by atomic mass is 9.85. The molecule has 1 aliphatic heterocycles. The lowest BCUT2D eigenvalue weighted by Gasteiger charge is -2.32. The maximum absolute atomic E-state index is 12.6. The van der Waals surface area contributed by atoms with Crippen molar-refractivity contribution >= 4 is 11.8 Å². The van der Waals surface area contributed by atoms with Gasteiger partial charge in [0.15, 0.2) is 0 Å². The lowest BCUT2D eigenvalue weighted by molar-refractivity contribution is -0.138. The quantitative estimate of drug-likeness (QED) is 0.775. The zero-order valence-corrected chi connectivity index (χ0v) is 13.1. The van der Waals surface area contributed by atoms with Crippen LogP contribution < -0.4 is 11.1 Å². The summed E-state index contributed by atoms with van der Waals surface area (Å²) >= 11 is 0. The smallest absolute Gasteiger partial charge is 0.237 e. The number of hydrogen-bond donors (Lipinski definition) is 2. The van der Waals surface area contributed by atoms with Gasteiger partial charge in [0.25, 0.3) is 0 Å². The molecule has 5 nitrogen and oxygen atoms in total. The van der Waals surface area contributed by atoms with Gasteiger partial charge in [0.1, 0.15) is 0 Å². The highest BCUT2D eigenvalue weighted by Gasteiger charge is 2.30. The van der Waals surface area contributed by atoms with E-state index in [9.17, 15) is 9.59 Å². The van der Waals surface area contributed by atoms with Gasteiger partial charge in [0.2, 0.25) is 11.8 Å². The number of piperidine rings is 1. The third kappa shape index (κ3) is 4.70. The van der Waals surface area contributed by atoms with Crippen LogP contribution in [0.25, 0.3) is 0 Å². The van der Waals surface area contributed by atoms with E-state index in [1.807, 2.05) is 0 Å². The summed E-state index contributed by atoms with van der Waals surface area (Å²) in [5.74, 6) is 0.643. The molecule has 0 aromatic carbocycles. The molecule has 0 aromatic heterocycles. The first-order valence-electron chi connectivity index (χ1n) is 8.36. The van der Waals surface area contributed by atoms with Gasteiger partial charge in [-0.05, 0) is 50.6 Å². The van der Waals surface area contributed by atoms with Crippen LogP contribution in [-0.4, -0.2) is 42.4 Å². The van der Waals surface area contributed by atoms with Gasteiger partial charge in [-0.15, -0.1) is 0 Å². The second-order valence-electron chi connectivity index (χ2n) is 6.71. The number of primary amides is 1. The fraction of sp³-hybridized carbons (Fsp3) is 0.875. The molecule has 2 fully saturated rings. The van der Waals surface area contributed by atoms with Crippen LogP contribution in [0.1, 0.15) is 51.9 Å². The summed E-state index contributed by atoms with van der Waals surface area (Å²) in [5, 5.41) is 3.41. The standard InChI is InChI=1S/C16H29N3O2/c1-12(13-5-4-8-18-10-13)9-16(21)19(11-15(17)20)14-6-2-3-7-14/h12-14,18H,2-11H2,1H3,(H2,17,20). The third-order valence-electron chi connectivity index (χ3n) is 5.05. The van der Waals surface area contributed by atoms with E-state index in [1.54, 1.807) is 4.90 Å². The molecule has 0 spiro atoms. The number of carbonyl (C=O) groups is 2. The van der Waals surface area contributed by atoms with Gasteiger partial charge in [-0.1, -0.05) is 19.8 Å². The summed E-state index contributed by atoms with van der Waals surface area (Å²) in [6.07, 6.45) is 7.25. The maximum Gasteiger partial charge on any atom is 0.237 e. The average molecular weight is 295 g/mol. The van der Waals surface area contributed by atoms with E-state index >= 15 is 0 Å². The summed E-state index contributed by atoms with van der Waals surface area (Å²) < 4.78 is 0. The van der Waals surface area contributed by atoms with E-state index in [-0.39, 0.29) is 18.5 Å². The van der Waals surface area contributed by atoms with Gasteiger partial charge in [-0.3, -0.25) is 9.59 Å². The first kappa shape index (κ1) is 16.3. The van der Waals surface area contributed by atoms with Gasteiger partial charge < -0.3 is 16.0 Å². The van der Waals surface area contributed by atoms with Gasteiger partial charge in [-0.2, -0.15) is 0 Å². The normalized spacial score (nSPS) is 24.7. The Balaban J connectivity index is 1.91. The number of nitrogens with two attached hydrogens (primary N) is 1. The first-order valence-corrected chi connectivity index (χ1v) is 8.36. The molecule has 2 amide bonds. The largest absolute Gasteiger partial charge is 0.368 e. The molecule has 1 saturated heterocycles. The molecule has 2 rings (SSSR count). The van der Waals surface area contributed by atoms with Gasteiger partial charge >= 0.3 is 0 Å². The van der Waals surface area contributed by atoms with Crippen LogP contribution in [0.5, 0.6) is 0 Å². The molecular formula is C16H29N3O2. The minimum Gasteiger partial charge on any atom is -0.368 e. The Morgan fingerprint density at radius 3 is 2.52 bits per heavy atom. The zero-order chi connectivity index (χ0) is 15.2. The van der Waals surface area contributed by atoms with Crippen molar-refractivity contribution in [3.63, 3.8) is 0 Å². The summed E-state index contributed by atoms with van der Waals surface area (Å²) in [4.78, 5) is 25.6. The highest BCUT2D eigenvalue weighted by molar-refractivity contribution is 5.84. The summed E-state index contributed by atoms with van der Waals surface area (Å²) in [6, 6.07) is 0.224. The topological polar surface area (TPSA) is 75.4 Å². The predicted molar refractivity (Wildman–Crippen MR) is 82.5 cm³/mol. The Hall–Kier alpha value is -1.10. The van der Waals surface area contributed by atoms with Crippen LogP contribution in [0, 0.1) is 11.8 Å². The minimum atomic E-state index is -0.401. The van der Waals surface area contributed by atoms with Crippen molar-refractivity contribution in [3.8, 4) is 0 Å². The molecule has 0 aromatic rings. The Morgan fingerprint density at radius 1 is 1.24 bits per heavy atom. The van der Waals surface area contributed by atoms with Crippen molar-refractivity contribution in [2.24, 2.45) is 17.6 Å². The zero-order valence-electron chi connectivity index (χ0n) is 13.1. The Morgan fingerprint density at radius 2 is 1.95 bits per heavy atom. The minimum absolute atomic E-state index is 0.0825. The predicted octanol–water partition coefficient (Wildman–Crippen LogP) is 1.27.